The molecule has 5 heteroatoms. The molecule has 20 heavy (non-hydrogen) atoms. The van der Waals surface area contributed by atoms with E-state index >= 15 is 0 Å². The average Bonchev–Trinajstić information content (AvgIpc) is 2.63. The van der Waals surface area contributed by atoms with Crippen LogP contribution in [0.1, 0.15) is 39.5 Å². The molecule has 0 aromatic heterocycles. The van der Waals surface area contributed by atoms with Crippen LogP contribution >= 0.6 is 0 Å². The maximum absolute atomic E-state index is 12.0. The second-order valence-corrected chi connectivity index (χ2v) is 6.79. The highest BCUT2D eigenvalue weighted by Gasteiger charge is 2.69. The van der Waals surface area contributed by atoms with Gasteiger partial charge in [0, 0.05) is 23.8 Å². The summed E-state index contributed by atoms with van der Waals surface area (Å²) in [7, 11) is 0. The molecule has 4 aliphatic heterocycles. The van der Waals surface area contributed by atoms with E-state index in [4.69, 9.17) is 19.2 Å². The van der Waals surface area contributed by atoms with Crippen molar-refractivity contribution >= 4 is 5.97 Å². The topological polar surface area (TPSA) is 54.0 Å². The van der Waals surface area contributed by atoms with Crippen molar-refractivity contribution in [2.75, 3.05) is 0 Å². The maximum atomic E-state index is 12.0. The molecule has 5 rings (SSSR count). The molecule has 4 saturated heterocycles. The quantitative estimate of drug-likeness (QED) is 0.387. The van der Waals surface area contributed by atoms with E-state index in [9.17, 15) is 4.79 Å². The van der Waals surface area contributed by atoms with E-state index < -0.39 is 17.7 Å². The third kappa shape index (κ3) is 1.41. The molecule has 4 heterocycles. The molecule has 6 atom stereocenters. The lowest BCUT2D eigenvalue weighted by molar-refractivity contribution is -0.554. The van der Waals surface area contributed by atoms with Gasteiger partial charge < -0.3 is 9.47 Å². The zero-order valence-corrected chi connectivity index (χ0v) is 11.9. The zero-order valence-electron chi connectivity index (χ0n) is 11.9. The molecular weight excluding hydrogens is 260 g/mol. The molecular formula is C15H20O5. The van der Waals surface area contributed by atoms with E-state index in [2.05, 4.69) is 13.5 Å². The van der Waals surface area contributed by atoms with Gasteiger partial charge in [-0.05, 0) is 32.1 Å². The molecule has 1 unspecified atom stereocenters. The minimum Gasteiger partial charge on any atom is -0.429 e. The molecule has 5 fully saturated rings. The van der Waals surface area contributed by atoms with Crippen LogP contribution in [0.3, 0.4) is 0 Å². The van der Waals surface area contributed by atoms with E-state index in [0.29, 0.717) is 11.5 Å². The van der Waals surface area contributed by atoms with Crippen LogP contribution in [0.5, 0.6) is 0 Å². The van der Waals surface area contributed by atoms with Crippen molar-refractivity contribution in [1.82, 2.24) is 0 Å². The van der Waals surface area contributed by atoms with E-state index in [1.165, 1.54) is 0 Å². The lowest BCUT2D eigenvalue weighted by Gasteiger charge is -2.56. The van der Waals surface area contributed by atoms with Crippen molar-refractivity contribution < 1.29 is 24.0 Å². The largest absolute Gasteiger partial charge is 0.429 e. The summed E-state index contributed by atoms with van der Waals surface area (Å²) in [5.74, 6) is -0.501. The molecule has 110 valence electrons. The fourth-order valence-electron chi connectivity index (χ4n) is 4.46. The standard InChI is InChI=1S/C15H20O5/c1-8-4-5-11-9(2)12(16)17-13-15(11)10(8)6-7-14(3,18-13)19-20-15/h8,10-11,13H,2,4-7H2,1,3H3/t8-,10+,11+,13-,14?,15-/m1/s1. The van der Waals surface area contributed by atoms with Crippen molar-refractivity contribution in [3.05, 3.63) is 12.2 Å². The molecule has 0 amide bonds. The molecule has 0 aromatic rings. The maximum Gasteiger partial charge on any atom is 0.336 e. The summed E-state index contributed by atoms with van der Waals surface area (Å²) in [6.07, 6.45) is 2.95. The van der Waals surface area contributed by atoms with Gasteiger partial charge in [-0.2, -0.15) is 0 Å². The number of ether oxygens (including phenoxy) is 2. The number of esters is 1. The Morgan fingerprint density at radius 1 is 1.25 bits per heavy atom. The van der Waals surface area contributed by atoms with Gasteiger partial charge in [-0.1, -0.05) is 13.5 Å². The zero-order chi connectivity index (χ0) is 14.1. The van der Waals surface area contributed by atoms with Crippen LogP contribution in [0.25, 0.3) is 0 Å². The Hall–Kier alpha value is -0.910. The molecule has 5 nitrogen and oxygen atoms in total. The van der Waals surface area contributed by atoms with E-state index in [1.54, 1.807) is 0 Å². The van der Waals surface area contributed by atoms with Crippen LogP contribution in [-0.4, -0.2) is 23.6 Å². The number of hydrogen-bond donors (Lipinski definition) is 0. The van der Waals surface area contributed by atoms with Gasteiger partial charge in [0.2, 0.25) is 12.1 Å². The average molecular weight is 280 g/mol. The van der Waals surface area contributed by atoms with E-state index in [0.717, 1.165) is 25.7 Å². The van der Waals surface area contributed by atoms with Crippen molar-refractivity contribution in [3.8, 4) is 0 Å². The molecule has 0 radical (unpaired) electrons. The number of rotatable bonds is 0. The van der Waals surface area contributed by atoms with Gasteiger partial charge >= 0.3 is 5.97 Å². The third-order valence-electron chi connectivity index (χ3n) is 5.62. The summed E-state index contributed by atoms with van der Waals surface area (Å²) in [6.45, 7) is 8.00. The Bertz CT molecular complexity index is 489. The Kier molecular flexibility index (Phi) is 2.46. The minimum atomic E-state index is -0.823. The molecule has 5 aliphatic rings. The second kappa shape index (κ2) is 3.84. The van der Waals surface area contributed by atoms with E-state index in [1.807, 2.05) is 6.92 Å². The predicted octanol–water partition coefficient (Wildman–Crippen LogP) is 2.32. The molecule has 2 bridgehead atoms. The first-order valence-corrected chi connectivity index (χ1v) is 7.41. The summed E-state index contributed by atoms with van der Waals surface area (Å²) in [5, 5.41) is 0. The molecule has 1 aliphatic carbocycles. The summed E-state index contributed by atoms with van der Waals surface area (Å²) >= 11 is 0. The van der Waals surface area contributed by atoms with Gasteiger partial charge in [0.1, 0.15) is 0 Å². The van der Waals surface area contributed by atoms with Crippen LogP contribution in [0.15, 0.2) is 12.2 Å². The van der Waals surface area contributed by atoms with Gasteiger partial charge in [0.25, 0.3) is 0 Å². The lowest BCUT2D eigenvalue weighted by atomic mass is 9.59. The number of carbonyl (C=O) groups excluding carboxylic acids is 1. The first-order valence-electron chi connectivity index (χ1n) is 7.41. The Morgan fingerprint density at radius 3 is 2.85 bits per heavy atom. The monoisotopic (exact) mass is 280 g/mol. The summed E-state index contributed by atoms with van der Waals surface area (Å²) in [4.78, 5) is 23.5. The fraction of sp³-hybridized carbons (Fsp3) is 0.800. The normalized spacial score (nSPS) is 54.1. The minimum absolute atomic E-state index is 0.0717. The SMILES string of the molecule is C=C1C(=O)O[C@@H]2OC3(C)CC[C@H]4[C@H](C)CC[C@@H]1[C@@]24OO3. The Balaban J connectivity index is 1.86. The van der Waals surface area contributed by atoms with Crippen LogP contribution < -0.4 is 0 Å². The van der Waals surface area contributed by atoms with Crippen LogP contribution in [0.4, 0.5) is 0 Å². The highest BCUT2D eigenvalue weighted by Crippen LogP contribution is 2.59. The predicted molar refractivity (Wildman–Crippen MR) is 68.0 cm³/mol. The van der Waals surface area contributed by atoms with Crippen molar-refractivity contribution in [2.45, 2.75) is 57.2 Å². The first-order chi connectivity index (χ1) is 9.46. The Labute approximate surface area is 118 Å². The molecule has 1 saturated carbocycles. The summed E-state index contributed by atoms with van der Waals surface area (Å²) in [6, 6.07) is 0. The number of carbonyl (C=O) groups is 1. The first kappa shape index (κ1) is 12.8. The summed E-state index contributed by atoms with van der Waals surface area (Å²) in [5.41, 5.74) is -0.213. The lowest BCUT2D eigenvalue weighted by Crippen LogP contribution is -2.68. The van der Waals surface area contributed by atoms with Gasteiger partial charge in [0.15, 0.2) is 5.60 Å². The van der Waals surface area contributed by atoms with E-state index in [-0.39, 0.29) is 17.8 Å². The van der Waals surface area contributed by atoms with Gasteiger partial charge in [0.05, 0.1) is 0 Å². The fourth-order valence-corrected chi connectivity index (χ4v) is 4.46. The van der Waals surface area contributed by atoms with Crippen LogP contribution in [-0.2, 0) is 24.0 Å². The number of hydrogen-bond acceptors (Lipinski definition) is 5. The highest BCUT2D eigenvalue weighted by molar-refractivity contribution is 5.89. The third-order valence-corrected chi connectivity index (χ3v) is 5.62. The molecule has 0 aromatic carbocycles. The van der Waals surface area contributed by atoms with Crippen molar-refractivity contribution in [3.63, 3.8) is 0 Å². The Morgan fingerprint density at radius 2 is 2.05 bits per heavy atom. The van der Waals surface area contributed by atoms with Crippen LogP contribution in [0, 0.1) is 17.8 Å². The van der Waals surface area contributed by atoms with Gasteiger partial charge in [-0.25, -0.2) is 14.6 Å². The highest BCUT2D eigenvalue weighted by atomic mass is 17.3. The van der Waals surface area contributed by atoms with Gasteiger partial charge in [-0.3, -0.25) is 0 Å². The van der Waals surface area contributed by atoms with Crippen molar-refractivity contribution in [1.29, 1.82) is 0 Å². The summed E-state index contributed by atoms with van der Waals surface area (Å²) < 4.78 is 11.5. The second-order valence-electron chi connectivity index (χ2n) is 6.79. The molecule has 1 spiro atoms. The van der Waals surface area contributed by atoms with Crippen molar-refractivity contribution in [2.24, 2.45) is 17.8 Å². The number of fused-ring (bicyclic) bond motifs is 2. The van der Waals surface area contributed by atoms with Gasteiger partial charge in [-0.15, -0.1) is 0 Å². The smallest absolute Gasteiger partial charge is 0.336 e. The molecule has 0 N–H and O–H groups in total. The van der Waals surface area contributed by atoms with Crippen LogP contribution in [0.2, 0.25) is 0 Å².